The molecule has 7 nitrogen and oxygen atoms in total. The zero-order valence-electron chi connectivity index (χ0n) is 16.2. The van der Waals surface area contributed by atoms with Gasteiger partial charge in [0.05, 0.1) is 6.61 Å². The number of carbonyl (C=O) groups is 3. The van der Waals surface area contributed by atoms with Crippen molar-refractivity contribution >= 4 is 23.9 Å². The van der Waals surface area contributed by atoms with Gasteiger partial charge in [-0.15, -0.1) is 0 Å². The van der Waals surface area contributed by atoms with Crippen LogP contribution in [-0.2, 0) is 9.59 Å². The summed E-state index contributed by atoms with van der Waals surface area (Å²) >= 11 is 0. The Morgan fingerprint density at radius 1 is 1.03 bits per heavy atom. The molecule has 2 aromatic rings. The van der Waals surface area contributed by atoms with Gasteiger partial charge in [-0.05, 0) is 49.2 Å². The average molecular weight is 396 g/mol. The number of hydrogen-bond acceptors (Lipinski definition) is 4. The molecule has 152 valence electrons. The number of aliphatic carboxylic acids is 1. The smallest absolute Gasteiger partial charge is 0.303 e. The predicted octanol–water partition coefficient (Wildman–Crippen LogP) is 2.84. The second kappa shape index (κ2) is 11.3. The van der Waals surface area contributed by atoms with Crippen molar-refractivity contribution in [2.45, 2.75) is 19.8 Å². The Balaban J connectivity index is 2.12. The van der Waals surface area contributed by atoms with Crippen LogP contribution in [0.2, 0.25) is 0 Å². The van der Waals surface area contributed by atoms with Crippen LogP contribution < -0.4 is 15.4 Å². The molecule has 0 aliphatic rings. The van der Waals surface area contributed by atoms with Crippen molar-refractivity contribution in [1.29, 1.82) is 0 Å². The lowest BCUT2D eigenvalue weighted by Gasteiger charge is -2.11. The summed E-state index contributed by atoms with van der Waals surface area (Å²) < 4.78 is 5.36. The van der Waals surface area contributed by atoms with Crippen LogP contribution in [0, 0.1) is 0 Å². The molecule has 0 aliphatic carbocycles. The molecule has 0 saturated carbocycles. The number of ether oxygens (including phenoxy) is 1. The predicted molar refractivity (Wildman–Crippen MR) is 109 cm³/mol. The van der Waals surface area contributed by atoms with Crippen LogP contribution in [-0.4, -0.2) is 36.0 Å². The molecular formula is C22H24N2O5. The van der Waals surface area contributed by atoms with Crippen LogP contribution in [0.4, 0.5) is 0 Å². The summed E-state index contributed by atoms with van der Waals surface area (Å²) in [7, 11) is 0. The number of benzene rings is 2. The normalized spacial score (nSPS) is 10.9. The minimum absolute atomic E-state index is 0.0451. The van der Waals surface area contributed by atoms with Gasteiger partial charge in [0.25, 0.3) is 11.8 Å². The van der Waals surface area contributed by atoms with E-state index in [0.717, 1.165) is 5.56 Å². The Morgan fingerprint density at radius 3 is 2.34 bits per heavy atom. The van der Waals surface area contributed by atoms with E-state index in [1.165, 1.54) is 0 Å². The number of rotatable bonds is 10. The number of carboxylic acids is 1. The molecule has 2 aromatic carbocycles. The van der Waals surface area contributed by atoms with Crippen LogP contribution in [0.3, 0.4) is 0 Å². The van der Waals surface area contributed by atoms with E-state index >= 15 is 0 Å². The fourth-order valence-electron chi connectivity index (χ4n) is 2.47. The monoisotopic (exact) mass is 396 g/mol. The molecule has 0 bridgehead atoms. The lowest BCUT2D eigenvalue weighted by Crippen LogP contribution is -2.35. The summed E-state index contributed by atoms with van der Waals surface area (Å²) in [6.45, 7) is 2.59. The van der Waals surface area contributed by atoms with Gasteiger partial charge in [0, 0.05) is 18.5 Å². The van der Waals surface area contributed by atoms with E-state index in [0.29, 0.717) is 24.3 Å². The molecule has 0 fully saturated rings. The molecule has 0 aliphatic heterocycles. The Labute approximate surface area is 169 Å². The molecule has 7 heteroatoms. The first-order valence-electron chi connectivity index (χ1n) is 9.30. The van der Waals surface area contributed by atoms with Crippen LogP contribution >= 0.6 is 0 Å². The van der Waals surface area contributed by atoms with Gasteiger partial charge < -0.3 is 20.5 Å². The van der Waals surface area contributed by atoms with Crippen molar-refractivity contribution < 1.29 is 24.2 Å². The highest BCUT2D eigenvalue weighted by Gasteiger charge is 2.15. The number of amides is 2. The largest absolute Gasteiger partial charge is 0.494 e. The van der Waals surface area contributed by atoms with Crippen molar-refractivity contribution in [2.24, 2.45) is 0 Å². The van der Waals surface area contributed by atoms with Gasteiger partial charge >= 0.3 is 5.97 Å². The van der Waals surface area contributed by atoms with Gasteiger partial charge in [0.15, 0.2) is 0 Å². The zero-order valence-corrected chi connectivity index (χ0v) is 16.2. The maximum atomic E-state index is 12.6. The molecule has 0 atom stereocenters. The maximum Gasteiger partial charge on any atom is 0.303 e. The third kappa shape index (κ3) is 7.50. The third-order valence-corrected chi connectivity index (χ3v) is 3.88. The van der Waals surface area contributed by atoms with Crippen LogP contribution in [0.5, 0.6) is 5.75 Å². The summed E-state index contributed by atoms with van der Waals surface area (Å²) in [5.74, 6) is -1.20. The summed E-state index contributed by atoms with van der Waals surface area (Å²) in [6.07, 6.45) is 1.82. The summed E-state index contributed by atoms with van der Waals surface area (Å²) in [6, 6.07) is 15.7. The number of nitrogens with one attached hydrogen (secondary N) is 2. The van der Waals surface area contributed by atoms with E-state index in [9.17, 15) is 14.4 Å². The molecule has 29 heavy (non-hydrogen) atoms. The standard InChI is InChI=1S/C22H24N2O5/c1-2-29-18-12-10-17(11-13-18)21(27)24-19(15-16-7-4-3-5-8-16)22(28)23-14-6-9-20(25)26/h3-5,7-8,10-13,15H,2,6,9,14H2,1H3,(H,23,28)(H,24,27)(H,25,26). The van der Waals surface area contributed by atoms with E-state index < -0.39 is 17.8 Å². The highest BCUT2D eigenvalue weighted by atomic mass is 16.5. The van der Waals surface area contributed by atoms with E-state index in [1.807, 2.05) is 25.1 Å². The second-order valence-electron chi connectivity index (χ2n) is 6.13. The molecule has 0 radical (unpaired) electrons. The quantitative estimate of drug-likeness (QED) is 0.423. The number of hydrogen-bond donors (Lipinski definition) is 3. The van der Waals surface area contributed by atoms with Crippen molar-refractivity contribution in [1.82, 2.24) is 10.6 Å². The van der Waals surface area contributed by atoms with Gasteiger partial charge in [-0.1, -0.05) is 30.3 Å². The SMILES string of the molecule is CCOc1ccc(C(=O)NC(=Cc2ccccc2)C(=O)NCCCC(=O)O)cc1. The summed E-state index contributed by atoms with van der Waals surface area (Å²) in [4.78, 5) is 35.7. The van der Waals surface area contributed by atoms with Crippen LogP contribution in [0.15, 0.2) is 60.3 Å². The minimum Gasteiger partial charge on any atom is -0.494 e. The molecule has 0 saturated heterocycles. The average Bonchev–Trinajstić information content (AvgIpc) is 2.72. The first-order valence-corrected chi connectivity index (χ1v) is 9.30. The van der Waals surface area contributed by atoms with Crippen molar-refractivity contribution in [3.63, 3.8) is 0 Å². The Kier molecular flexibility index (Phi) is 8.44. The lowest BCUT2D eigenvalue weighted by molar-refractivity contribution is -0.137. The van der Waals surface area contributed by atoms with Crippen LogP contribution in [0.1, 0.15) is 35.7 Å². The molecule has 3 N–H and O–H groups in total. The van der Waals surface area contributed by atoms with Crippen LogP contribution in [0.25, 0.3) is 6.08 Å². The highest BCUT2D eigenvalue weighted by Crippen LogP contribution is 2.13. The van der Waals surface area contributed by atoms with E-state index in [4.69, 9.17) is 9.84 Å². The Hall–Kier alpha value is -3.61. The van der Waals surface area contributed by atoms with Gasteiger partial charge in [0.1, 0.15) is 11.4 Å². The summed E-state index contributed by atoms with van der Waals surface area (Å²) in [5, 5.41) is 14.0. The topological polar surface area (TPSA) is 105 Å². The second-order valence-corrected chi connectivity index (χ2v) is 6.13. The van der Waals surface area contributed by atoms with E-state index in [-0.39, 0.29) is 18.7 Å². The molecule has 0 heterocycles. The Bertz CT molecular complexity index is 861. The van der Waals surface area contributed by atoms with Crippen molar-refractivity contribution in [2.75, 3.05) is 13.2 Å². The van der Waals surface area contributed by atoms with Crippen molar-refractivity contribution in [3.8, 4) is 5.75 Å². The molecular weight excluding hydrogens is 372 g/mol. The fraction of sp³-hybridized carbons (Fsp3) is 0.227. The van der Waals surface area contributed by atoms with Gasteiger partial charge in [-0.25, -0.2) is 0 Å². The van der Waals surface area contributed by atoms with E-state index in [1.54, 1.807) is 42.5 Å². The first kappa shape index (κ1) is 21.7. The minimum atomic E-state index is -0.928. The van der Waals surface area contributed by atoms with Gasteiger partial charge in [-0.3, -0.25) is 14.4 Å². The third-order valence-electron chi connectivity index (χ3n) is 3.88. The lowest BCUT2D eigenvalue weighted by atomic mass is 10.1. The van der Waals surface area contributed by atoms with Gasteiger partial charge in [0.2, 0.25) is 0 Å². The fourth-order valence-corrected chi connectivity index (χ4v) is 2.47. The summed E-state index contributed by atoms with van der Waals surface area (Å²) in [5.41, 5.74) is 1.20. The number of carboxylic acid groups (broad SMARTS) is 1. The number of carbonyl (C=O) groups excluding carboxylic acids is 2. The molecule has 2 amide bonds. The first-order chi connectivity index (χ1) is 14.0. The van der Waals surface area contributed by atoms with Gasteiger partial charge in [-0.2, -0.15) is 0 Å². The van der Waals surface area contributed by atoms with E-state index in [2.05, 4.69) is 10.6 Å². The van der Waals surface area contributed by atoms with Crippen molar-refractivity contribution in [3.05, 3.63) is 71.4 Å². The Morgan fingerprint density at radius 2 is 1.72 bits per heavy atom. The molecule has 2 rings (SSSR count). The highest BCUT2D eigenvalue weighted by molar-refractivity contribution is 6.05. The molecule has 0 unspecified atom stereocenters. The molecule has 0 aromatic heterocycles. The maximum absolute atomic E-state index is 12.6. The molecule has 0 spiro atoms. The zero-order chi connectivity index (χ0) is 21.1.